The molecule has 1 heterocycles. The van der Waals surface area contributed by atoms with Gasteiger partial charge in [-0.3, -0.25) is 0 Å². The molecule has 4 nitrogen and oxygen atoms in total. The Hall–Kier alpha value is -1.34. The van der Waals surface area contributed by atoms with Gasteiger partial charge in [-0.1, -0.05) is 64.2 Å². The molecule has 3 aromatic rings. The van der Waals surface area contributed by atoms with E-state index in [1.54, 1.807) is 36.4 Å². The summed E-state index contributed by atoms with van der Waals surface area (Å²) in [5, 5.41) is 5.07. The molecular formula is C20H24MgN2O2S. The van der Waals surface area contributed by atoms with Gasteiger partial charge in [0, 0.05) is 0 Å². The fraction of sp³-hybridized carbons (Fsp3) is 0.300. The van der Waals surface area contributed by atoms with Crippen molar-refractivity contribution in [1.29, 1.82) is 0 Å². The minimum atomic E-state index is -3.54. The van der Waals surface area contributed by atoms with E-state index in [1.807, 2.05) is 18.2 Å². The molecule has 0 atom stereocenters. The number of nitrogens with zero attached hydrogens (tertiary/aromatic N) is 2. The van der Waals surface area contributed by atoms with Crippen molar-refractivity contribution in [2.24, 2.45) is 0 Å². The Morgan fingerprint density at radius 2 is 1.42 bits per heavy atom. The van der Waals surface area contributed by atoms with Gasteiger partial charge in [0.2, 0.25) is 0 Å². The van der Waals surface area contributed by atoms with E-state index in [0.717, 1.165) is 5.39 Å². The van der Waals surface area contributed by atoms with E-state index in [0.29, 0.717) is 17.6 Å². The van der Waals surface area contributed by atoms with E-state index in [2.05, 4.69) is 39.1 Å². The van der Waals surface area contributed by atoms with Gasteiger partial charge < -0.3 is 9.29 Å². The zero-order valence-electron chi connectivity index (χ0n) is 15.8. The van der Waals surface area contributed by atoms with E-state index < -0.39 is 10.0 Å². The molecule has 3 rings (SSSR count). The van der Waals surface area contributed by atoms with Gasteiger partial charge in [-0.25, -0.2) is 8.42 Å². The van der Waals surface area contributed by atoms with E-state index in [9.17, 15) is 8.42 Å². The molecular weight excluding hydrogens is 357 g/mol. The van der Waals surface area contributed by atoms with Crippen LogP contribution in [-0.4, -0.2) is 47.5 Å². The summed E-state index contributed by atoms with van der Waals surface area (Å²) in [5.74, 6) is 0. The van der Waals surface area contributed by atoms with Gasteiger partial charge in [0.05, 0.1) is 4.90 Å². The number of para-hydroxylation sites is 1. The molecule has 0 aliphatic rings. The average molecular weight is 381 g/mol. The van der Waals surface area contributed by atoms with Gasteiger partial charge in [0.15, 0.2) is 0 Å². The molecule has 0 fully saturated rings. The topological polar surface area (TPSA) is 53.2 Å². The predicted octanol–water partition coefficient (Wildman–Crippen LogP) is 4.47. The summed E-state index contributed by atoms with van der Waals surface area (Å²) in [6, 6.07) is 19.6. The fourth-order valence-corrected chi connectivity index (χ4v) is 3.82. The average Bonchev–Trinajstić information content (AvgIpc) is 3.00. The Kier molecular flexibility index (Phi) is 8.83. The first-order valence-electron chi connectivity index (χ1n) is 8.30. The first kappa shape index (κ1) is 22.7. The third kappa shape index (κ3) is 5.84. The first-order chi connectivity index (χ1) is 11.8. The second kappa shape index (κ2) is 10.1. The maximum atomic E-state index is 12.5. The third-order valence-corrected chi connectivity index (χ3v) is 5.06. The van der Waals surface area contributed by atoms with Gasteiger partial charge in [-0.2, -0.15) is 17.5 Å². The summed E-state index contributed by atoms with van der Waals surface area (Å²) in [6.45, 7) is 8.39. The minimum absolute atomic E-state index is 0. The number of benzene rings is 2. The summed E-state index contributed by atoms with van der Waals surface area (Å²) < 4.78 is 26.2. The normalized spacial score (nSPS) is 11.2. The summed E-state index contributed by atoms with van der Waals surface area (Å²) in [6.07, 6.45) is 1.47. The predicted molar refractivity (Wildman–Crippen MR) is 109 cm³/mol. The van der Waals surface area contributed by atoms with Gasteiger partial charge in [-0.05, 0) is 17.6 Å². The van der Waals surface area contributed by atoms with Crippen LogP contribution in [-0.2, 0) is 10.0 Å². The summed E-state index contributed by atoms with van der Waals surface area (Å²) >= 11 is 0. The standard InChI is InChI=1S/C14H10NO2S.C6H14N.Mg/c16-18(17,13-7-2-1-3-8-13)15-11-10-12-6-4-5-9-14(12)15;1-5(2)7-6(3)4;/h1-9,11H;5-6H,1-4H3;/q2*-1;+2. The number of fused-ring (bicyclic) bond motifs is 1. The Morgan fingerprint density at radius 3 is 1.96 bits per heavy atom. The van der Waals surface area contributed by atoms with Crippen molar-refractivity contribution in [2.75, 3.05) is 0 Å². The van der Waals surface area contributed by atoms with Crippen molar-refractivity contribution in [3.63, 3.8) is 0 Å². The second-order valence-corrected chi connectivity index (χ2v) is 8.06. The molecule has 0 unspecified atom stereocenters. The second-order valence-electron chi connectivity index (χ2n) is 6.24. The third-order valence-electron chi connectivity index (χ3n) is 3.38. The summed E-state index contributed by atoms with van der Waals surface area (Å²) in [5.41, 5.74) is 0.640. The zero-order valence-corrected chi connectivity index (χ0v) is 18.0. The molecule has 0 N–H and O–H groups in total. The molecule has 1 aromatic heterocycles. The number of rotatable bonds is 4. The molecule has 0 radical (unpaired) electrons. The van der Waals surface area contributed by atoms with Crippen LogP contribution < -0.4 is 0 Å². The van der Waals surface area contributed by atoms with Gasteiger partial charge in [-0.15, -0.1) is 18.2 Å². The Morgan fingerprint density at radius 1 is 0.885 bits per heavy atom. The van der Waals surface area contributed by atoms with Crippen molar-refractivity contribution in [1.82, 2.24) is 3.97 Å². The van der Waals surface area contributed by atoms with Crippen LogP contribution in [0.1, 0.15) is 27.7 Å². The van der Waals surface area contributed by atoms with Crippen molar-refractivity contribution in [3.8, 4) is 0 Å². The summed E-state index contributed by atoms with van der Waals surface area (Å²) in [4.78, 5) is 0.278. The summed E-state index contributed by atoms with van der Waals surface area (Å²) in [7, 11) is -3.54. The number of aromatic nitrogens is 1. The van der Waals surface area contributed by atoms with Crippen LogP contribution in [0, 0.1) is 6.07 Å². The SMILES string of the molecule is CC(C)[N-]C(C)C.O=S(=O)(c1ccccc1)n1c[c-]c2ccccc21.[Mg+2]. The molecule has 0 saturated heterocycles. The van der Waals surface area contributed by atoms with Crippen LogP contribution in [0.2, 0.25) is 0 Å². The van der Waals surface area contributed by atoms with Crippen LogP contribution >= 0.6 is 0 Å². The van der Waals surface area contributed by atoms with Crippen LogP contribution in [0.25, 0.3) is 16.2 Å². The fourth-order valence-electron chi connectivity index (χ4n) is 2.49. The van der Waals surface area contributed by atoms with E-state index in [-0.39, 0.29) is 27.9 Å². The quantitative estimate of drug-likeness (QED) is 0.495. The monoisotopic (exact) mass is 380 g/mol. The molecule has 134 valence electrons. The molecule has 0 aliphatic heterocycles. The van der Waals surface area contributed by atoms with E-state index >= 15 is 0 Å². The molecule has 0 saturated carbocycles. The molecule has 26 heavy (non-hydrogen) atoms. The maximum absolute atomic E-state index is 12.5. The molecule has 0 amide bonds. The van der Waals surface area contributed by atoms with Gasteiger partial charge >= 0.3 is 23.1 Å². The molecule has 0 bridgehead atoms. The van der Waals surface area contributed by atoms with Crippen LogP contribution in [0.3, 0.4) is 0 Å². The Bertz CT molecular complexity index is 898. The first-order valence-corrected chi connectivity index (χ1v) is 9.74. The van der Waals surface area contributed by atoms with E-state index in [1.165, 1.54) is 10.2 Å². The largest absolute Gasteiger partial charge is 2.00 e. The molecule has 6 heteroatoms. The van der Waals surface area contributed by atoms with Crippen molar-refractivity contribution >= 4 is 44.0 Å². The van der Waals surface area contributed by atoms with Crippen LogP contribution in [0.5, 0.6) is 0 Å². The van der Waals surface area contributed by atoms with Crippen LogP contribution in [0.4, 0.5) is 0 Å². The van der Waals surface area contributed by atoms with Crippen molar-refractivity contribution in [2.45, 2.75) is 44.7 Å². The maximum Gasteiger partial charge on any atom is 2.00 e. The molecule has 0 aliphatic carbocycles. The van der Waals surface area contributed by atoms with Crippen molar-refractivity contribution in [3.05, 3.63) is 72.2 Å². The molecule has 2 aromatic carbocycles. The number of hydrogen-bond donors (Lipinski definition) is 0. The molecule has 0 spiro atoms. The Labute approximate surface area is 172 Å². The van der Waals surface area contributed by atoms with Gasteiger partial charge in [0.25, 0.3) is 10.0 Å². The van der Waals surface area contributed by atoms with Gasteiger partial charge in [0.1, 0.15) is 0 Å². The van der Waals surface area contributed by atoms with Crippen molar-refractivity contribution < 1.29 is 8.42 Å². The smallest absolute Gasteiger partial charge is 0.658 e. The van der Waals surface area contributed by atoms with Crippen LogP contribution in [0.15, 0.2) is 65.7 Å². The zero-order chi connectivity index (χ0) is 18.4. The minimum Gasteiger partial charge on any atom is -0.658 e. The number of hydrogen-bond acceptors (Lipinski definition) is 2. The Balaban J connectivity index is 0.000000366. The van der Waals surface area contributed by atoms with E-state index in [4.69, 9.17) is 0 Å².